The molecule has 6 nitrogen and oxygen atoms in total. The van der Waals surface area contributed by atoms with Crippen LogP contribution in [0.2, 0.25) is 0 Å². The summed E-state index contributed by atoms with van der Waals surface area (Å²) in [5, 5.41) is 9.13. The van der Waals surface area contributed by atoms with Crippen LogP contribution in [0, 0.1) is 0 Å². The van der Waals surface area contributed by atoms with Crippen LogP contribution in [0.3, 0.4) is 0 Å². The summed E-state index contributed by atoms with van der Waals surface area (Å²) in [7, 11) is 1.64. The van der Waals surface area contributed by atoms with E-state index in [-0.39, 0.29) is 11.5 Å². The maximum Gasteiger partial charge on any atom is 0.335 e. The van der Waals surface area contributed by atoms with Gasteiger partial charge in [-0.05, 0) is 44.9 Å². The van der Waals surface area contributed by atoms with E-state index in [0.29, 0.717) is 24.6 Å². The van der Waals surface area contributed by atoms with Crippen LogP contribution >= 0.6 is 0 Å². The molecule has 6 heteroatoms. The van der Waals surface area contributed by atoms with Crippen molar-refractivity contribution in [3.63, 3.8) is 0 Å². The van der Waals surface area contributed by atoms with E-state index >= 15 is 0 Å². The van der Waals surface area contributed by atoms with E-state index in [2.05, 4.69) is 0 Å². The first-order valence-electron chi connectivity index (χ1n) is 7.24. The fraction of sp³-hybridized carbons (Fsp3) is 0.500. The minimum Gasteiger partial charge on any atom is -0.478 e. The largest absolute Gasteiger partial charge is 0.478 e. The molecule has 2 rings (SSSR count). The van der Waals surface area contributed by atoms with Crippen LogP contribution in [0.4, 0.5) is 5.69 Å². The van der Waals surface area contributed by atoms with E-state index in [1.54, 1.807) is 31.9 Å². The Labute approximate surface area is 129 Å². The highest BCUT2D eigenvalue weighted by molar-refractivity contribution is 6.03. The first-order valence-corrected chi connectivity index (χ1v) is 7.24. The second kappa shape index (κ2) is 6.36. The zero-order valence-electron chi connectivity index (χ0n) is 13.1. The number of rotatable bonds is 6. The molecule has 1 aliphatic heterocycles. The molecule has 1 aromatic carbocycles. The number of unbranched alkanes of at least 4 members (excludes halogenated alkanes) is 1. The Kier molecular flexibility index (Phi) is 4.71. The molecule has 1 heterocycles. The van der Waals surface area contributed by atoms with Gasteiger partial charge in [-0.15, -0.1) is 0 Å². The zero-order chi connectivity index (χ0) is 16.3. The van der Waals surface area contributed by atoms with Crippen LogP contribution in [0.5, 0.6) is 5.75 Å². The highest BCUT2D eigenvalue weighted by Crippen LogP contribution is 2.38. The van der Waals surface area contributed by atoms with Gasteiger partial charge in [-0.1, -0.05) is 0 Å². The third-order valence-corrected chi connectivity index (χ3v) is 3.60. The van der Waals surface area contributed by atoms with Crippen LogP contribution in [0.1, 0.15) is 37.0 Å². The van der Waals surface area contributed by atoms with E-state index in [0.717, 1.165) is 12.8 Å². The Morgan fingerprint density at radius 1 is 1.36 bits per heavy atom. The number of anilines is 1. The molecule has 120 valence electrons. The predicted molar refractivity (Wildman–Crippen MR) is 81.6 cm³/mol. The third-order valence-electron chi connectivity index (χ3n) is 3.60. The van der Waals surface area contributed by atoms with Crippen LogP contribution in [-0.2, 0) is 9.53 Å². The van der Waals surface area contributed by atoms with E-state index in [4.69, 9.17) is 14.6 Å². The Bertz CT molecular complexity index is 582. The summed E-state index contributed by atoms with van der Waals surface area (Å²) in [6.45, 7) is 4.56. The van der Waals surface area contributed by atoms with Gasteiger partial charge in [-0.25, -0.2) is 4.79 Å². The normalized spacial score (nSPS) is 16.1. The van der Waals surface area contributed by atoms with E-state index < -0.39 is 11.6 Å². The number of fused-ring (bicyclic) bond motifs is 1. The summed E-state index contributed by atoms with van der Waals surface area (Å²) in [6.07, 6.45) is 1.60. The number of amides is 1. The smallest absolute Gasteiger partial charge is 0.335 e. The van der Waals surface area contributed by atoms with Crippen molar-refractivity contribution in [2.45, 2.75) is 32.3 Å². The summed E-state index contributed by atoms with van der Waals surface area (Å²) in [5.41, 5.74) is -0.308. The molecule has 0 aliphatic carbocycles. The monoisotopic (exact) mass is 307 g/mol. The van der Waals surface area contributed by atoms with E-state index in [9.17, 15) is 9.59 Å². The number of carboxylic acids is 1. The van der Waals surface area contributed by atoms with Crippen molar-refractivity contribution in [3.05, 3.63) is 23.8 Å². The molecule has 1 aliphatic rings. The van der Waals surface area contributed by atoms with Gasteiger partial charge in [0.1, 0.15) is 5.75 Å². The maximum atomic E-state index is 12.6. The van der Waals surface area contributed by atoms with Gasteiger partial charge in [0, 0.05) is 20.3 Å². The molecule has 0 unspecified atom stereocenters. The maximum absolute atomic E-state index is 12.6. The Morgan fingerprint density at radius 3 is 2.73 bits per heavy atom. The molecular formula is C16H21NO5. The molecule has 0 saturated heterocycles. The van der Waals surface area contributed by atoms with Gasteiger partial charge in [-0.2, -0.15) is 0 Å². The lowest BCUT2D eigenvalue weighted by Gasteiger charge is -2.39. The van der Waals surface area contributed by atoms with Crippen LogP contribution in [0.15, 0.2) is 18.2 Å². The second-order valence-electron chi connectivity index (χ2n) is 5.76. The highest BCUT2D eigenvalue weighted by Gasteiger charge is 2.40. The Hall–Kier alpha value is -2.08. The Morgan fingerprint density at radius 2 is 2.09 bits per heavy atom. The lowest BCUT2D eigenvalue weighted by atomic mass is 10.0. The molecule has 0 bridgehead atoms. The van der Waals surface area contributed by atoms with Gasteiger partial charge >= 0.3 is 5.97 Å². The van der Waals surface area contributed by atoms with Gasteiger partial charge in [-0.3, -0.25) is 4.79 Å². The molecule has 0 atom stereocenters. The number of aromatic carboxylic acids is 1. The lowest BCUT2D eigenvalue weighted by molar-refractivity contribution is -0.132. The molecule has 0 saturated carbocycles. The van der Waals surface area contributed by atoms with Gasteiger partial charge in [0.25, 0.3) is 5.91 Å². The second-order valence-corrected chi connectivity index (χ2v) is 5.76. The van der Waals surface area contributed by atoms with Gasteiger partial charge in [0.05, 0.1) is 11.3 Å². The fourth-order valence-corrected chi connectivity index (χ4v) is 2.44. The number of methoxy groups -OCH3 is 1. The molecule has 22 heavy (non-hydrogen) atoms. The van der Waals surface area contributed by atoms with Gasteiger partial charge in [0.15, 0.2) is 5.60 Å². The van der Waals surface area contributed by atoms with Gasteiger partial charge < -0.3 is 19.5 Å². The number of benzene rings is 1. The van der Waals surface area contributed by atoms with Crippen molar-refractivity contribution < 1.29 is 24.2 Å². The average Bonchev–Trinajstić information content (AvgIpc) is 2.46. The fourth-order valence-electron chi connectivity index (χ4n) is 2.44. The summed E-state index contributed by atoms with van der Waals surface area (Å²) < 4.78 is 10.7. The number of carbonyl (C=O) groups excluding carboxylic acids is 1. The minimum atomic E-state index is -1.03. The average molecular weight is 307 g/mol. The summed E-state index contributed by atoms with van der Waals surface area (Å²) in [4.78, 5) is 25.3. The van der Waals surface area contributed by atoms with Crippen molar-refractivity contribution in [1.82, 2.24) is 0 Å². The predicted octanol–water partition coefficient (Wildman–Crippen LogP) is 2.32. The zero-order valence-corrected chi connectivity index (χ0v) is 13.1. The van der Waals surface area contributed by atoms with Crippen molar-refractivity contribution in [1.29, 1.82) is 0 Å². The summed E-state index contributed by atoms with van der Waals surface area (Å²) in [5.74, 6) is -0.666. The number of hydrogen-bond donors (Lipinski definition) is 1. The van der Waals surface area contributed by atoms with Crippen molar-refractivity contribution >= 4 is 17.6 Å². The molecular weight excluding hydrogens is 286 g/mol. The molecule has 0 aromatic heterocycles. The minimum absolute atomic E-state index is 0.136. The topological polar surface area (TPSA) is 76.1 Å². The molecule has 0 fully saturated rings. The standard InChI is InChI=1S/C16H21NO5/c1-16(2)15(20)17(8-4-5-9-21-3)12-10-11(14(18)19)6-7-13(12)22-16/h6-7,10H,4-5,8-9H2,1-3H3,(H,18,19). The number of ether oxygens (including phenoxy) is 2. The molecule has 1 aromatic rings. The molecule has 0 radical (unpaired) electrons. The van der Waals surface area contributed by atoms with Gasteiger partial charge in [0.2, 0.25) is 0 Å². The van der Waals surface area contributed by atoms with Crippen molar-refractivity contribution in [3.8, 4) is 5.75 Å². The summed E-state index contributed by atoms with van der Waals surface area (Å²) >= 11 is 0. The lowest BCUT2D eigenvalue weighted by Crippen LogP contribution is -2.52. The number of nitrogens with zero attached hydrogens (tertiary/aromatic N) is 1. The van der Waals surface area contributed by atoms with Crippen LogP contribution in [0.25, 0.3) is 0 Å². The van der Waals surface area contributed by atoms with Crippen molar-refractivity contribution in [2.75, 3.05) is 25.2 Å². The van der Waals surface area contributed by atoms with Crippen LogP contribution < -0.4 is 9.64 Å². The third kappa shape index (κ3) is 3.22. The quantitative estimate of drug-likeness (QED) is 0.816. The first-order chi connectivity index (χ1) is 10.4. The van der Waals surface area contributed by atoms with E-state index in [1.807, 2.05) is 0 Å². The Balaban J connectivity index is 2.31. The van der Waals surface area contributed by atoms with E-state index in [1.165, 1.54) is 12.1 Å². The molecule has 0 spiro atoms. The highest BCUT2D eigenvalue weighted by atomic mass is 16.5. The molecule has 1 amide bonds. The number of hydrogen-bond acceptors (Lipinski definition) is 4. The number of carbonyl (C=O) groups is 2. The summed E-state index contributed by atoms with van der Waals surface area (Å²) in [6, 6.07) is 4.58. The number of carboxylic acid groups (broad SMARTS) is 1. The SMILES string of the molecule is COCCCCN1C(=O)C(C)(C)Oc2ccc(C(=O)O)cc21. The first kappa shape index (κ1) is 16.3. The van der Waals surface area contributed by atoms with Crippen molar-refractivity contribution in [2.24, 2.45) is 0 Å². The molecule has 1 N–H and O–H groups in total. The van der Waals surface area contributed by atoms with Crippen LogP contribution in [-0.4, -0.2) is 42.8 Å².